The van der Waals surface area contributed by atoms with Gasteiger partial charge in [-0.2, -0.15) is 8.42 Å². The van der Waals surface area contributed by atoms with Crippen LogP contribution in [0.1, 0.15) is 28.4 Å². The quantitative estimate of drug-likeness (QED) is 0.413. The predicted molar refractivity (Wildman–Crippen MR) is 86.4 cm³/mol. The lowest BCUT2D eigenvalue weighted by Gasteiger charge is -2.17. The molecule has 0 unspecified atom stereocenters. The fraction of sp³-hybridized carbons (Fsp3) is 0.385. The number of hydrogen-bond acceptors (Lipinski definition) is 5. The Labute approximate surface area is 137 Å². The average molecular weight is 335 g/mol. The first-order valence-electron chi connectivity index (χ1n) is 6.64. The first kappa shape index (κ1) is 19.2. The van der Waals surface area contributed by atoms with Crippen LogP contribution in [0.5, 0.6) is 0 Å². The maximum Gasteiger partial charge on any atom is 0.338 e. The second-order valence-corrected chi connectivity index (χ2v) is 6.21. The molecule has 23 heavy (non-hydrogen) atoms. The Morgan fingerprint density at radius 2 is 1.91 bits per heavy atom. The normalized spacial score (nSPS) is 11.0. The lowest BCUT2D eigenvalue weighted by Crippen LogP contribution is -2.18. The first-order valence-corrected chi connectivity index (χ1v) is 8.25. The molecule has 0 saturated heterocycles. The van der Waals surface area contributed by atoms with Crippen molar-refractivity contribution < 1.29 is 27.3 Å². The first-order chi connectivity index (χ1) is 10.7. The Balaban J connectivity index is 3.10. The van der Waals surface area contributed by atoms with Crippen LogP contribution in [0.25, 0.3) is 0 Å². The van der Waals surface area contributed by atoms with E-state index < -0.39 is 28.4 Å². The van der Waals surface area contributed by atoms with Crippen molar-refractivity contribution in [3.8, 4) is 0 Å². The summed E-state index contributed by atoms with van der Waals surface area (Å²) in [6.45, 7) is 0.799. The molecule has 1 aromatic rings. The van der Waals surface area contributed by atoms with Gasteiger partial charge in [0, 0.05) is 12.6 Å². The van der Waals surface area contributed by atoms with Crippen LogP contribution in [0, 0.1) is 0 Å². The van der Waals surface area contributed by atoms with Gasteiger partial charge in [-0.3, -0.25) is 9.35 Å². The monoisotopic (exact) mass is 335 g/mol. The summed E-state index contributed by atoms with van der Waals surface area (Å²) in [4.78, 5) is 23.4. The molecule has 0 spiro atoms. The second kappa shape index (κ2) is 8.16. The molecular weight excluding hydrogens is 320 g/mol. The summed E-state index contributed by atoms with van der Waals surface area (Å²) < 4.78 is 34.6. The van der Waals surface area contributed by atoms with Gasteiger partial charge in [-0.1, -0.05) is 18.7 Å². The molecule has 1 amide bonds. The third-order valence-electron chi connectivity index (χ3n) is 2.92. The molecule has 7 nitrogen and oxygen atoms in total. The number of carbonyl (C=O) groups is 2. The van der Waals surface area contributed by atoms with Gasteiger partial charge in [0.1, 0.15) is 12.4 Å². The molecule has 0 heterocycles. The van der Waals surface area contributed by atoms with E-state index in [-0.39, 0.29) is 24.1 Å². The minimum absolute atomic E-state index is 0.0633. The van der Waals surface area contributed by atoms with E-state index in [1.54, 1.807) is 6.07 Å². The molecule has 0 saturated carbocycles. The largest absolute Gasteiger partial charge is 0.461 e. The van der Waals surface area contributed by atoms with Crippen LogP contribution < -0.4 is 5.32 Å². The Morgan fingerprint density at radius 3 is 2.39 bits per heavy atom. The standard InChI is InChI=1S/C13H15B2NO6S/c1-8(17)16-12-9(6-14)2-3-10(11(12)7-15)13(18)22-4-5-23(19,20)21/h2-3H,4-7H2,1H3,(H,16,17)(H,19,20,21). The highest BCUT2D eigenvalue weighted by atomic mass is 32.2. The van der Waals surface area contributed by atoms with Gasteiger partial charge in [0.2, 0.25) is 5.91 Å². The zero-order valence-electron chi connectivity index (χ0n) is 12.5. The summed E-state index contributed by atoms with van der Waals surface area (Å²) in [6.07, 6.45) is 0.0624. The Bertz CT molecular complexity index is 705. The topological polar surface area (TPSA) is 110 Å². The van der Waals surface area contributed by atoms with Crippen LogP contribution in [-0.2, 0) is 32.3 Å². The SMILES string of the molecule is [B]Cc1ccc(C(=O)OCCS(=O)(=O)O)c(C[B])c1NC(C)=O. The summed E-state index contributed by atoms with van der Waals surface area (Å²) in [6, 6.07) is 2.98. The van der Waals surface area contributed by atoms with Crippen LogP contribution in [0.15, 0.2) is 12.1 Å². The van der Waals surface area contributed by atoms with E-state index in [1.807, 2.05) is 0 Å². The number of hydrogen-bond donors (Lipinski definition) is 2. The predicted octanol–water partition coefficient (Wildman–Crippen LogP) is 0.0266. The Hall–Kier alpha value is -1.80. The molecular formula is C13H15B2NO6S. The van der Waals surface area contributed by atoms with Crippen LogP contribution >= 0.6 is 0 Å². The molecule has 0 aliphatic carbocycles. The van der Waals surface area contributed by atoms with Gasteiger partial charge in [-0.05, 0) is 17.2 Å². The molecule has 0 aliphatic heterocycles. The molecule has 0 atom stereocenters. The zero-order valence-corrected chi connectivity index (χ0v) is 13.4. The van der Waals surface area contributed by atoms with Gasteiger partial charge < -0.3 is 10.1 Å². The van der Waals surface area contributed by atoms with E-state index in [9.17, 15) is 18.0 Å². The third-order valence-corrected chi connectivity index (χ3v) is 3.60. The highest BCUT2D eigenvalue weighted by Gasteiger charge is 2.18. The smallest absolute Gasteiger partial charge is 0.338 e. The number of nitrogens with one attached hydrogen (secondary N) is 1. The number of anilines is 1. The summed E-state index contributed by atoms with van der Waals surface area (Å²) in [7, 11) is 7.02. The van der Waals surface area contributed by atoms with Crippen LogP contribution in [0.4, 0.5) is 5.69 Å². The fourth-order valence-corrected chi connectivity index (χ4v) is 2.21. The van der Waals surface area contributed by atoms with Gasteiger partial charge >= 0.3 is 5.97 Å². The maximum absolute atomic E-state index is 12.0. The number of rotatable bonds is 7. The van der Waals surface area contributed by atoms with E-state index >= 15 is 0 Å². The third kappa shape index (κ3) is 5.72. The van der Waals surface area contributed by atoms with Crippen molar-refractivity contribution >= 4 is 43.4 Å². The van der Waals surface area contributed by atoms with Crippen molar-refractivity contribution in [2.24, 2.45) is 0 Å². The molecule has 0 fully saturated rings. The van der Waals surface area contributed by atoms with E-state index in [4.69, 9.17) is 25.0 Å². The van der Waals surface area contributed by atoms with Crippen molar-refractivity contribution in [1.29, 1.82) is 0 Å². The van der Waals surface area contributed by atoms with E-state index in [0.29, 0.717) is 16.8 Å². The number of carbonyl (C=O) groups excluding carboxylic acids is 2. The van der Waals surface area contributed by atoms with Gasteiger partial charge in [0.25, 0.3) is 10.1 Å². The van der Waals surface area contributed by atoms with E-state index in [2.05, 4.69) is 5.32 Å². The highest BCUT2D eigenvalue weighted by molar-refractivity contribution is 7.85. The van der Waals surface area contributed by atoms with Crippen molar-refractivity contribution in [2.75, 3.05) is 17.7 Å². The van der Waals surface area contributed by atoms with E-state index in [0.717, 1.165) is 0 Å². The number of amides is 1. The van der Waals surface area contributed by atoms with Gasteiger partial charge in [0.15, 0.2) is 0 Å². The number of benzene rings is 1. The van der Waals surface area contributed by atoms with Crippen LogP contribution in [0.2, 0.25) is 0 Å². The minimum Gasteiger partial charge on any atom is -0.461 e. The second-order valence-electron chi connectivity index (χ2n) is 4.64. The Kier molecular flexibility index (Phi) is 6.83. The highest BCUT2D eigenvalue weighted by Crippen LogP contribution is 2.26. The molecule has 10 heteroatoms. The maximum atomic E-state index is 12.0. The van der Waals surface area contributed by atoms with Crippen LogP contribution in [-0.4, -0.2) is 52.9 Å². The Morgan fingerprint density at radius 1 is 1.26 bits per heavy atom. The summed E-state index contributed by atoms with van der Waals surface area (Å²) in [5.41, 5.74) is 1.35. The lowest BCUT2D eigenvalue weighted by atomic mass is 9.86. The number of ether oxygens (including phenoxy) is 1. The summed E-state index contributed by atoms with van der Waals surface area (Å²) >= 11 is 0. The van der Waals surface area contributed by atoms with E-state index in [1.165, 1.54) is 13.0 Å². The minimum atomic E-state index is -4.23. The molecule has 120 valence electrons. The zero-order chi connectivity index (χ0) is 17.6. The summed E-state index contributed by atoms with van der Waals surface area (Å²) in [5, 5.41) is 2.58. The lowest BCUT2D eigenvalue weighted by molar-refractivity contribution is -0.114. The molecule has 2 N–H and O–H groups in total. The van der Waals surface area contributed by atoms with Gasteiger partial charge in [-0.25, -0.2) is 4.79 Å². The molecule has 4 radical (unpaired) electrons. The molecule has 0 bridgehead atoms. The van der Waals surface area contributed by atoms with Crippen LogP contribution in [0.3, 0.4) is 0 Å². The average Bonchev–Trinajstić information content (AvgIpc) is 2.44. The van der Waals surface area contributed by atoms with Crippen molar-refractivity contribution in [1.82, 2.24) is 0 Å². The van der Waals surface area contributed by atoms with Crippen molar-refractivity contribution in [2.45, 2.75) is 19.6 Å². The van der Waals surface area contributed by atoms with Gasteiger partial charge in [0.05, 0.1) is 21.3 Å². The number of esters is 1. The molecule has 0 aliphatic rings. The van der Waals surface area contributed by atoms with Gasteiger partial charge in [-0.15, -0.1) is 0 Å². The fourth-order valence-electron chi connectivity index (χ4n) is 1.92. The summed E-state index contributed by atoms with van der Waals surface area (Å²) in [5.74, 6) is -1.88. The van der Waals surface area contributed by atoms with Crippen molar-refractivity contribution in [3.05, 3.63) is 28.8 Å². The van der Waals surface area contributed by atoms with Crippen molar-refractivity contribution in [3.63, 3.8) is 0 Å². The molecule has 1 rings (SSSR count). The molecule has 0 aromatic heterocycles. The molecule has 1 aromatic carbocycles.